The minimum atomic E-state index is -5.08. The molecule has 0 saturated heterocycles. The summed E-state index contributed by atoms with van der Waals surface area (Å²) in [6.45, 7) is 0. The van der Waals surface area contributed by atoms with Crippen LogP contribution >= 0.6 is 0 Å². The number of carboxylic acids is 1. The standard InChI is InChI=1S/C6H7NO2S.C2HF3O2.CH5NO2S/c7-10(8,9)6-4-2-1-3-5-6;3-2(4,5)1(6)7;1-5(2,3)4/h1-5H,(H2,7,8,9);(H,6,7);1H3,(H2,2,3,4). The van der Waals surface area contributed by atoms with Crippen LogP contribution in [0.2, 0.25) is 0 Å². The Morgan fingerprint density at radius 1 is 1.05 bits per heavy atom. The summed E-state index contributed by atoms with van der Waals surface area (Å²) in [6, 6.07) is 7.89. The van der Waals surface area contributed by atoms with Crippen molar-refractivity contribution >= 4 is 26.0 Å². The van der Waals surface area contributed by atoms with Crippen molar-refractivity contribution in [3.63, 3.8) is 0 Å². The van der Waals surface area contributed by atoms with E-state index in [0.717, 1.165) is 6.26 Å². The Bertz CT molecular complexity index is 663. The molecule has 0 fully saturated rings. The summed E-state index contributed by atoms with van der Waals surface area (Å²) in [5.41, 5.74) is 0. The summed E-state index contributed by atoms with van der Waals surface area (Å²) in [5.74, 6) is -2.76. The van der Waals surface area contributed by atoms with Crippen LogP contribution in [0.4, 0.5) is 13.2 Å². The second-order valence-electron chi connectivity index (χ2n) is 3.49. The Balaban J connectivity index is 0. The number of carbonyl (C=O) groups is 1. The van der Waals surface area contributed by atoms with Gasteiger partial charge in [0.15, 0.2) is 0 Å². The third kappa shape index (κ3) is 16.4. The molecule has 1 aromatic rings. The SMILES string of the molecule is CS(N)(=O)=O.NS(=O)(=O)c1ccccc1.O=C(O)C(F)(F)F. The van der Waals surface area contributed by atoms with Crippen molar-refractivity contribution in [3.8, 4) is 0 Å². The molecule has 0 heterocycles. The topological polar surface area (TPSA) is 158 Å². The first kappa shape index (κ1) is 22.6. The second-order valence-corrected chi connectivity index (χ2v) is 6.71. The fourth-order valence-corrected chi connectivity index (χ4v) is 1.15. The monoisotopic (exact) mass is 366 g/mol. The first-order valence-electron chi connectivity index (χ1n) is 4.91. The maximum Gasteiger partial charge on any atom is 0.490 e. The number of nitrogens with two attached hydrogens (primary N) is 2. The average Bonchev–Trinajstić information content (AvgIpc) is 2.26. The van der Waals surface area contributed by atoms with Crippen LogP contribution < -0.4 is 10.3 Å². The van der Waals surface area contributed by atoms with Crippen LogP contribution in [0.15, 0.2) is 35.2 Å². The van der Waals surface area contributed by atoms with Gasteiger partial charge in [0.1, 0.15) is 0 Å². The third-order valence-electron chi connectivity index (χ3n) is 1.31. The minimum Gasteiger partial charge on any atom is -0.475 e. The highest BCUT2D eigenvalue weighted by Gasteiger charge is 2.38. The molecule has 1 rings (SSSR count). The van der Waals surface area contributed by atoms with Gasteiger partial charge in [-0.05, 0) is 12.1 Å². The lowest BCUT2D eigenvalue weighted by molar-refractivity contribution is -0.192. The van der Waals surface area contributed by atoms with Crippen LogP contribution in [-0.4, -0.2) is 40.3 Å². The van der Waals surface area contributed by atoms with Gasteiger partial charge in [0.2, 0.25) is 20.0 Å². The highest BCUT2D eigenvalue weighted by atomic mass is 32.2. The maximum absolute atomic E-state index is 10.6. The first-order chi connectivity index (χ1) is 9.55. The van der Waals surface area contributed by atoms with E-state index < -0.39 is 32.2 Å². The number of primary sulfonamides is 2. The van der Waals surface area contributed by atoms with Gasteiger partial charge in [0.05, 0.1) is 11.2 Å². The number of halogens is 3. The van der Waals surface area contributed by atoms with Gasteiger partial charge in [0.25, 0.3) is 0 Å². The van der Waals surface area contributed by atoms with Crippen LogP contribution in [0.3, 0.4) is 0 Å². The number of hydrogen-bond acceptors (Lipinski definition) is 5. The van der Waals surface area contributed by atoms with E-state index in [4.69, 9.17) is 15.0 Å². The summed E-state index contributed by atoms with van der Waals surface area (Å²) in [7, 11) is -6.67. The molecule has 22 heavy (non-hydrogen) atoms. The fraction of sp³-hybridized carbons (Fsp3) is 0.222. The molecule has 0 spiro atoms. The molecule has 0 aliphatic carbocycles. The minimum absolute atomic E-state index is 0.148. The number of rotatable bonds is 1. The predicted molar refractivity (Wildman–Crippen MR) is 70.5 cm³/mol. The number of sulfonamides is 2. The molecule has 0 atom stereocenters. The molecule has 0 aliphatic heterocycles. The van der Waals surface area contributed by atoms with Crippen molar-refractivity contribution in [3.05, 3.63) is 30.3 Å². The Morgan fingerprint density at radius 3 is 1.45 bits per heavy atom. The molecular weight excluding hydrogens is 353 g/mol. The van der Waals surface area contributed by atoms with Crippen LogP contribution in [0.1, 0.15) is 0 Å². The summed E-state index contributed by atoms with van der Waals surface area (Å²) in [5, 5.41) is 16.3. The van der Waals surface area contributed by atoms with Crippen LogP contribution in [-0.2, 0) is 24.8 Å². The van der Waals surface area contributed by atoms with Gasteiger partial charge in [-0.15, -0.1) is 0 Å². The van der Waals surface area contributed by atoms with E-state index in [1.165, 1.54) is 12.1 Å². The summed E-state index contributed by atoms with van der Waals surface area (Å²) >= 11 is 0. The van der Waals surface area contributed by atoms with Crippen molar-refractivity contribution in [2.75, 3.05) is 6.26 Å². The molecule has 0 aromatic heterocycles. The largest absolute Gasteiger partial charge is 0.490 e. The quantitative estimate of drug-likeness (QED) is 0.628. The summed E-state index contributed by atoms with van der Waals surface area (Å²) in [6.07, 6.45) is -4.15. The van der Waals surface area contributed by atoms with E-state index >= 15 is 0 Å². The number of hydrogen-bond donors (Lipinski definition) is 3. The van der Waals surface area contributed by atoms with Crippen molar-refractivity contribution in [1.29, 1.82) is 0 Å². The normalized spacial score (nSPS) is 11.4. The van der Waals surface area contributed by atoms with Gasteiger partial charge >= 0.3 is 12.1 Å². The van der Waals surface area contributed by atoms with Gasteiger partial charge < -0.3 is 5.11 Å². The van der Waals surface area contributed by atoms with E-state index in [2.05, 4.69) is 5.14 Å². The van der Waals surface area contributed by atoms with Gasteiger partial charge in [-0.25, -0.2) is 31.9 Å². The highest BCUT2D eigenvalue weighted by Crippen LogP contribution is 2.13. The van der Waals surface area contributed by atoms with Crippen LogP contribution in [0.5, 0.6) is 0 Å². The molecular formula is C9H13F3N2O6S2. The smallest absolute Gasteiger partial charge is 0.475 e. The van der Waals surface area contributed by atoms with E-state index in [9.17, 15) is 30.0 Å². The molecule has 1 aromatic carbocycles. The van der Waals surface area contributed by atoms with Gasteiger partial charge in [0, 0.05) is 0 Å². The Kier molecular flexibility index (Phi) is 8.90. The van der Waals surface area contributed by atoms with E-state index in [-0.39, 0.29) is 4.90 Å². The lowest BCUT2D eigenvalue weighted by Crippen LogP contribution is -2.21. The summed E-state index contributed by atoms with van der Waals surface area (Å²) < 4.78 is 71.8. The van der Waals surface area contributed by atoms with E-state index in [1.54, 1.807) is 18.2 Å². The lowest BCUT2D eigenvalue weighted by atomic mass is 10.4. The molecule has 0 bridgehead atoms. The van der Waals surface area contributed by atoms with Crippen molar-refractivity contribution < 1.29 is 39.9 Å². The molecule has 13 heteroatoms. The summed E-state index contributed by atoms with van der Waals surface area (Å²) in [4.78, 5) is 9.04. The predicted octanol–water partition coefficient (Wildman–Crippen LogP) is -0.128. The molecule has 5 N–H and O–H groups in total. The van der Waals surface area contributed by atoms with Gasteiger partial charge in [-0.3, -0.25) is 0 Å². The third-order valence-corrected chi connectivity index (χ3v) is 2.24. The molecule has 8 nitrogen and oxygen atoms in total. The molecule has 0 unspecified atom stereocenters. The number of aliphatic carboxylic acids is 1. The van der Waals surface area contributed by atoms with E-state index in [1.807, 2.05) is 0 Å². The lowest BCUT2D eigenvalue weighted by Gasteiger charge is -1.93. The number of alkyl halides is 3. The second kappa shape index (κ2) is 8.67. The Morgan fingerprint density at radius 2 is 1.32 bits per heavy atom. The van der Waals surface area contributed by atoms with Crippen molar-refractivity contribution in [2.45, 2.75) is 11.1 Å². The van der Waals surface area contributed by atoms with Crippen LogP contribution in [0.25, 0.3) is 0 Å². The Hall–Kier alpha value is -1.70. The van der Waals surface area contributed by atoms with Crippen LogP contribution in [0, 0.1) is 0 Å². The molecule has 128 valence electrons. The van der Waals surface area contributed by atoms with Gasteiger partial charge in [-0.1, -0.05) is 18.2 Å². The molecule has 0 amide bonds. The Labute approximate surface area is 124 Å². The molecule has 0 saturated carbocycles. The maximum atomic E-state index is 10.6. The van der Waals surface area contributed by atoms with Crippen molar-refractivity contribution in [2.24, 2.45) is 10.3 Å². The zero-order valence-corrected chi connectivity index (χ0v) is 12.6. The van der Waals surface area contributed by atoms with E-state index in [0.29, 0.717) is 0 Å². The van der Waals surface area contributed by atoms with Crippen molar-refractivity contribution in [1.82, 2.24) is 0 Å². The number of benzene rings is 1. The zero-order valence-electron chi connectivity index (χ0n) is 11.0. The zero-order chi connectivity index (χ0) is 18.2. The first-order valence-corrected chi connectivity index (χ1v) is 8.41. The highest BCUT2D eigenvalue weighted by molar-refractivity contribution is 7.89. The molecule has 0 aliphatic rings. The number of carboxylic acid groups (broad SMARTS) is 1. The molecule has 0 radical (unpaired) electrons. The fourth-order valence-electron chi connectivity index (χ4n) is 0.610. The average molecular weight is 366 g/mol. The van der Waals surface area contributed by atoms with Gasteiger partial charge in [-0.2, -0.15) is 13.2 Å².